The molecule has 2 aromatic heterocycles. The number of nitrogens with zero attached hydrogens (tertiary/aromatic N) is 2. The van der Waals surface area contributed by atoms with Gasteiger partial charge < -0.3 is 4.74 Å². The molecule has 0 atom stereocenters. The lowest BCUT2D eigenvalue weighted by molar-refractivity contribution is 0.102. The molecule has 25 heavy (non-hydrogen) atoms. The van der Waals surface area contributed by atoms with Crippen molar-refractivity contribution in [3.8, 4) is 5.75 Å². The second kappa shape index (κ2) is 6.77. The molecule has 0 unspecified atom stereocenters. The molecule has 0 N–H and O–H groups in total. The van der Waals surface area contributed by atoms with Crippen LogP contribution >= 0.6 is 23.1 Å². The van der Waals surface area contributed by atoms with E-state index in [2.05, 4.69) is 9.97 Å². The largest absolute Gasteiger partial charge is 0.497 e. The molecule has 0 bridgehead atoms. The standard InChI is InChI=1S/C19H18N2O2S2/c1-11-20-18(17-14-4-3-5-16(14)25-19(17)21-11)24-10-15(22)12-6-8-13(23-2)9-7-12/h6-9H,3-5,10H2,1-2H3. The number of methoxy groups -OCH3 is 1. The van der Waals surface area contributed by atoms with Crippen LogP contribution in [0.3, 0.4) is 0 Å². The third kappa shape index (κ3) is 3.16. The third-order valence-corrected chi connectivity index (χ3v) is 6.56. The average molecular weight is 370 g/mol. The highest BCUT2D eigenvalue weighted by Crippen LogP contribution is 2.40. The van der Waals surface area contributed by atoms with E-state index in [0.717, 1.165) is 34.3 Å². The van der Waals surface area contributed by atoms with Gasteiger partial charge in [0, 0.05) is 15.8 Å². The minimum Gasteiger partial charge on any atom is -0.497 e. The summed E-state index contributed by atoms with van der Waals surface area (Å²) in [5, 5.41) is 2.12. The van der Waals surface area contributed by atoms with E-state index in [9.17, 15) is 4.79 Å². The van der Waals surface area contributed by atoms with Gasteiger partial charge in [0.05, 0.1) is 12.9 Å². The van der Waals surface area contributed by atoms with E-state index in [1.54, 1.807) is 18.4 Å². The molecule has 0 spiro atoms. The van der Waals surface area contributed by atoms with Gasteiger partial charge in [0.2, 0.25) is 0 Å². The number of benzene rings is 1. The van der Waals surface area contributed by atoms with Crippen molar-refractivity contribution >= 4 is 39.1 Å². The number of thioether (sulfide) groups is 1. The Labute approximate surface area is 154 Å². The molecule has 0 saturated heterocycles. The molecule has 0 amide bonds. The molecule has 128 valence electrons. The van der Waals surface area contributed by atoms with Crippen molar-refractivity contribution in [2.24, 2.45) is 0 Å². The Bertz CT molecular complexity index is 948. The smallest absolute Gasteiger partial charge is 0.173 e. The predicted octanol–water partition coefficient (Wildman–Crippen LogP) is 4.47. The summed E-state index contributed by atoms with van der Waals surface area (Å²) in [6.45, 7) is 1.92. The number of rotatable bonds is 5. The van der Waals surface area contributed by atoms with Gasteiger partial charge in [-0.1, -0.05) is 11.8 Å². The van der Waals surface area contributed by atoms with Crippen LogP contribution in [0.15, 0.2) is 29.3 Å². The summed E-state index contributed by atoms with van der Waals surface area (Å²) in [5.41, 5.74) is 2.10. The van der Waals surface area contributed by atoms with Crippen LogP contribution in [0.2, 0.25) is 0 Å². The molecule has 6 heteroatoms. The number of carbonyl (C=O) groups is 1. The van der Waals surface area contributed by atoms with Gasteiger partial charge in [-0.3, -0.25) is 4.79 Å². The fraction of sp³-hybridized carbons (Fsp3) is 0.316. The quantitative estimate of drug-likeness (QED) is 0.377. The van der Waals surface area contributed by atoms with Crippen LogP contribution in [-0.2, 0) is 12.8 Å². The molecule has 3 aromatic rings. The number of Topliss-reactive ketones (excluding diaryl/α,β-unsaturated/α-hetero) is 1. The number of ketones is 1. The van der Waals surface area contributed by atoms with Gasteiger partial charge in [0.25, 0.3) is 0 Å². The Hall–Kier alpha value is -1.92. The van der Waals surface area contributed by atoms with E-state index < -0.39 is 0 Å². The van der Waals surface area contributed by atoms with Gasteiger partial charge in [-0.25, -0.2) is 9.97 Å². The summed E-state index contributed by atoms with van der Waals surface area (Å²) in [4.78, 5) is 24.2. The summed E-state index contributed by atoms with van der Waals surface area (Å²) >= 11 is 3.31. The molecular formula is C19H18N2O2S2. The first kappa shape index (κ1) is 16.5. The molecule has 4 rings (SSSR count). The van der Waals surface area contributed by atoms with E-state index in [1.807, 2.05) is 31.2 Å². The maximum Gasteiger partial charge on any atom is 0.173 e. The zero-order chi connectivity index (χ0) is 17.4. The maximum absolute atomic E-state index is 12.5. The number of hydrogen-bond donors (Lipinski definition) is 0. The zero-order valence-electron chi connectivity index (χ0n) is 14.2. The summed E-state index contributed by atoms with van der Waals surface area (Å²) < 4.78 is 5.14. The SMILES string of the molecule is COc1ccc(C(=O)CSc2nc(C)nc3sc4c(c23)CCC4)cc1. The normalized spacial score (nSPS) is 13.2. The molecular weight excluding hydrogens is 352 g/mol. The van der Waals surface area contributed by atoms with Crippen LogP contribution in [0.1, 0.15) is 33.0 Å². The molecule has 0 saturated carbocycles. The first-order valence-electron chi connectivity index (χ1n) is 8.24. The fourth-order valence-corrected chi connectivity index (χ4v) is 5.53. The number of aryl methyl sites for hydroxylation is 3. The van der Waals surface area contributed by atoms with Gasteiger partial charge >= 0.3 is 0 Å². The molecule has 1 aliphatic rings. The highest BCUT2D eigenvalue weighted by Gasteiger charge is 2.22. The fourth-order valence-electron chi connectivity index (χ4n) is 3.16. The summed E-state index contributed by atoms with van der Waals surface area (Å²) in [5.74, 6) is 2.00. The van der Waals surface area contributed by atoms with Crippen LogP contribution in [0, 0.1) is 6.92 Å². The second-order valence-electron chi connectivity index (χ2n) is 6.05. The molecule has 4 nitrogen and oxygen atoms in total. The van der Waals surface area contributed by atoms with Crippen molar-refractivity contribution in [1.29, 1.82) is 0 Å². The monoisotopic (exact) mass is 370 g/mol. The van der Waals surface area contributed by atoms with Crippen molar-refractivity contribution < 1.29 is 9.53 Å². The van der Waals surface area contributed by atoms with Crippen LogP contribution in [0.5, 0.6) is 5.75 Å². The molecule has 1 aromatic carbocycles. The number of fused-ring (bicyclic) bond motifs is 3. The minimum atomic E-state index is 0.101. The number of aromatic nitrogens is 2. The molecule has 0 fully saturated rings. The van der Waals surface area contributed by atoms with Crippen molar-refractivity contribution in [2.45, 2.75) is 31.2 Å². The van der Waals surface area contributed by atoms with E-state index in [4.69, 9.17) is 4.74 Å². The predicted molar refractivity (Wildman–Crippen MR) is 102 cm³/mol. The number of hydrogen-bond acceptors (Lipinski definition) is 6. The first-order valence-corrected chi connectivity index (χ1v) is 10.0. The third-order valence-electron chi connectivity index (χ3n) is 4.40. The lowest BCUT2D eigenvalue weighted by Crippen LogP contribution is -2.03. The van der Waals surface area contributed by atoms with Gasteiger partial charge in [-0.15, -0.1) is 11.3 Å². The van der Waals surface area contributed by atoms with Gasteiger partial charge in [-0.2, -0.15) is 0 Å². The Morgan fingerprint density at radius 2 is 2.04 bits per heavy atom. The van der Waals surface area contributed by atoms with E-state index in [-0.39, 0.29) is 5.78 Å². The highest BCUT2D eigenvalue weighted by molar-refractivity contribution is 8.00. The Morgan fingerprint density at radius 3 is 2.80 bits per heavy atom. The van der Waals surface area contributed by atoms with Crippen molar-refractivity contribution in [3.63, 3.8) is 0 Å². The molecule has 1 aliphatic carbocycles. The Balaban J connectivity index is 1.59. The first-order chi connectivity index (χ1) is 12.2. The Kier molecular flexibility index (Phi) is 4.48. The summed E-state index contributed by atoms with van der Waals surface area (Å²) in [6.07, 6.45) is 3.45. The van der Waals surface area contributed by atoms with Gasteiger partial charge in [0.15, 0.2) is 5.78 Å². The lowest BCUT2D eigenvalue weighted by atomic mass is 10.1. The number of carbonyl (C=O) groups excluding carboxylic acids is 1. The number of ether oxygens (including phenoxy) is 1. The summed E-state index contributed by atoms with van der Waals surface area (Å²) in [6, 6.07) is 7.25. The van der Waals surface area contributed by atoms with E-state index in [0.29, 0.717) is 11.3 Å². The van der Waals surface area contributed by atoms with Crippen molar-refractivity contribution in [3.05, 3.63) is 46.1 Å². The number of thiophene rings is 1. The van der Waals surface area contributed by atoms with Crippen LogP contribution in [-0.4, -0.2) is 28.6 Å². The van der Waals surface area contributed by atoms with Crippen molar-refractivity contribution in [2.75, 3.05) is 12.9 Å². The Morgan fingerprint density at radius 1 is 1.24 bits per heavy atom. The van der Waals surface area contributed by atoms with Crippen LogP contribution in [0.4, 0.5) is 0 Å². The second-order valence-corrected chi connectivity index (χ2v) is 8.10. The van der Waals surface area contributed by atoms with E-state index in [1.165, 1.54) is 34.0 Å². The molecule has 2 heterocycles. The zero-order valence-corrected chi connectivity index (χ0v) is 15.8. The molecule has 0 aliphatic heterocycles. The van der Waals surface area contributed by atoms with Gasteiger partial charge in [0.1, 0.15) is 21.4 Å². The highest BCUT2D eigenvalue weighted by atomic mass is 32.2. The van der Waals surface area contributed by atoms with Crippen LogP contribution in [0.25, 0.3) is 10.2 Å². The molecule has 0 radical (unpaired) electrons. The van der Waals surface area contributed by atoms with Crippen LogP contribution < -0.4 is 4.74 Å². The van der Waals surface area contributed by atoms with Gasteiger partial charge in [-0.05, 0) is 56.0 Å². The topological polar surface area (TPSA) is 52.1 Å². The minimum absolute atomic E-state index is 0.101. The van der Waals surface area contributed by atoms with Crippen molar-refractivity contribution in [1.82, 2.24) is 9.97 Å². The van der Waals surface area contributed by atoms with E-state index >= 15 is 0 Å². The maximum atomic E-state index is 12.5. The lowest BCUT2D eigenvalue weighted by Gasteiger charge is -2.06. The average Bonchev–Trinajstić information content (AvgIpc) is 3.20. The summed E-state index contributed by atoms with van der Waals surface area (Å²) in [7, 11) is 1.62.